The van der Waals surface area contributed by atoms with Gasteiger partial charge in [-0.05, 0) is 38.5 Å². The van der Waals surface area contributed by atoms with Gasteiger partial charge in [0.15, 0.2) is 0 Å². The molecule has 3 heterocycles. The zero-order valence-corrected chi connectivity index (χ0v) is 17.1. The van der Waals surface area contributed by atoms with E-state index in [0.717, 1.165) is 45.0 Å². The lowest BCUT2D eigenvalue weighted by Gasteiger charge is -2.32. The van der Waals surface area contributed by atoms with Crippen molar-refractivity contribution in [1.82, 2.24) is 10.2 Å². The number of fused-ring (bicyclic) bond motifs is 1. The summed E-state index contributed by atoms with van der Waals surface area (Å²) >= 11 is 0. The molecule has 0 aromatic heterocycles. The molecule has 4 fully saturated rings. The van der Waals surface area contributed by atoms with Crippen molar-refractivity contribution in [2.45, 2.75) is 88.4 Å². The van der Waals surface area contributed by atoms with Gasteiger partial charge in [0.1, 0.15) is 0 Å². The van der Waals surface area contributed by atoms with Gasteiger partial charge in [0.05, 0.1) is 11.7 Å². The number of rotatable bonds is 9. The van der Waals surface area contributed by atoms with Gasteiger partial charge in [-0.2, -0.15) is 0 Å². The van der Waals surface area contributed by atoms with Crippen LogP contribution in [0.2, 0.25) is 0 Å². The molecule has 154 valence electrons. The van der Waals surface area contributed by atoms with Gasteiger partial charge in [-0.1, -0.05) is 25.7 Å². The Hall–Kier alpha value is -0.650. The van der Waals surface area contributed by atoms with Gasteiger partial charge in [-0.25, -0.2) is 0 Å². The highest BCUT2D eigenvalue weighted by Gasteiger charge is 2.63. The Morgan fingerprint density at radius 1 is 1.19 bits per heavy atom. The van der Waals surface area contributed by atoms with Crippen LogP contribution in [-0.4, -0.2) is 61.9 Å². The number of ether oxygens (including phenoxy) is 2. The molecular formula is C22H38N2O3. The summed E-state index contributed by atoms with van der Waals surface area (Å²) in [5.74, 6) is 1.36. The lowest BCUT2D eigenvalue weighted by Crippen LogP contribution is -2.41. The summed E-state index contributed by atoms with van der Waals surface area (Å²) < 4.78 is 11.6. The molecule has 1 amide bonds. The molecule has 1 saturated carbocycles. The number of likely N-dealkylation sites (tertiary alicyclic amines) is 1. The number of hydrogen-bond donors (Lipinski definition) is 1. The maximum atomic E-state index is 12.2. The fraction of sp³-hybridized carbons (Fsp3) is 0.955. The van der Waals surface area contributed by atoms with Crippen LogP contribution in [0.4, 0.5) is 0 Å². The number of nitrogens with one attached hydrogen (secondary N) is 1. The molecule has 3 aliphatic heterocycles. The molecule has 3 saturated heterocycles. The molecule has 5 heteroatoms. The molecular weight excluding hydrogens is 340 g/mol. The zero-order valence-electron chi connectivity index (χ0n) is 17.1. The normalized spacial score (nSPS) is 36.3. The van der Waals surface area contributed by atoms with E-state index in [0.29, 0.717) is 24.4 Å². The minimum absolute atomic E-state index is 0.109. The van der Waals surface area contributed by atoms with Crippen LogP contribution >= 0.6 is 0 Å². The number of nitrogens with zero attached hydrogens (tertiary/aromatic N) is 1. The second-order valence-corrected chi connectivity index (χ2v) is 9.36. The Morgan fingerprint density at radius 3 is 2.85 bits per heavy atom. The van der Waals surface area contributed by atoms with Crippen molar-refractivity contribution < 1.29 is 14.3 Å². The third-order valence-corrected chi connectivity index (χ3v) is 7.69. The lowest BCUT2D eigenvalue weighted by molar-refractivity contribution is -0.121. The van der Waals surface area contributed by atoms with Gasteiger partial charge in [-0.15, -0.1) is 0 Å². The average Bonchev–Trinajstić information content (AvgIpc) is 3.35. The van der Waals surface area contributed by atoms with Crippen LogP contribution in [0.5, 0.6) is 0 Å². The van der Waals surface area contributed by atoms with E-state index in [4.69, 9.17) is 9.47 Å². The summed E-state index contributed by atoms with van der Waals surface area (Å²) in [5, 5.41) is 3.24. The van der Waals surface area contributed by atoms with Crippen molar-refractivity contribution in [2.24, 2.45) is 11.8 Å². The fourth-order valence-electron chi connectivity index (χ4n) is 6.25. The standard InChI is InChI=1S/C22H38N2O3/c1-26-13-7-3-6-10-21(25)23-14-18-19-15-24(17-8-4-2-5-9-17)16-22(19)12-11-20(18)27-22/h17-20H,2-16H2,1H3,(H,23,25)/t18-,19+,20+,22+/m0/s1. The van der Waals surface area contributed by atoms with E-state index in [1.807, 2.05) is 0 Å². The summed E-state index contributed by atoms with van der Waals surface area (Å²) in [5.41, 5.74) is 0.109. The Morgan fingerprint density at radius 2 is 2.04 bits per heavy atom. The molecule has 4 rings (SSSR count). The van der Waals surface area contributed by atoms with Gasteiger partial charge in [0.2, 0.25) is 5.91 Å². The number of hydrogen-bond acceptors (Lipinski definition) is 4. The van der Waals surface area contributed by atoms with E-state index in [1.54, 1.807) is 7.11 Å². The maximum absolute atomic E-state index is 12.2. The Bertz CT molecular complexity index is 508. The molecule has 1 N–H and O–H groups in total. The first-order valence-electron chi connectivity index (χ1n) is 11.4. The summed E-state index contributed by atoms with van der Waals surface area (Å²) in [6, 6.07) is 0.781. The van der Waals surface area contributed by atoms with Gasteiger partial charge in [0, 0.05) is 57.6 Å². The Kier molecular flexibility index (Phi) is 6.40. The third-order valence-electron chi connectivity index (χ3n) is 7.69. The largest absolute Gasteiger partial charge is 0.385 e. The molecule has 4 aliphatic rings. The second kappa shape index (κ2) is 8.79. The minimum Gasteiger partial charge on any atom is -0.385 e. The van der Waals surface area contributed by atoms with Crippen molar-refractivity contribution in [3.63, 3.8) is 0 Å². The predicted molar refractivity (Wildman–Crippen MR) is 106 cm³/mol. The summed E-state index contributed by atoms with van der Waals surface area (Å²) in [4.78, 5) is 15.0. The number of carbonyl (C=O) groups is 1. The van der Waals surface area contributed by atoms with Crippen molar-refractivity contribution in [3.05, 3.63) is 0 Å². The molecule has 0 unspecified atom stereocenters. The molecule has 5 nitrogen and oxygen atoms in total. The van der Waals surface area contributed by atoms with Crippen LogP contribution in [-0.2, 0) is 14.3 Å². The molecule has 1 aliphatic carbocycles. The van der Waals surface area contributed by atoms with E-state index in [1.165, 1.54) is 51.5 Å². The highest BCUT2D eigenvalue weighted by atomic mass is 16.5. The van der Waals surface area contributed by atoms with E-state index in [9.17, 15) is 4.79 Å². The first-order chi connectivity index (χ1) is 13.2. The number of carbonyl (C=O) groups excluding carboxylic acids is 1. The number of methoxy groups -OCH3 is 1. The number of unbranched alkanes of at least 4 members (excludes halogenated alkanes) is 2. The Labute approximate surface area is 164 Å². The molecule has 4 atom stereocenters. The minimum atomic E-state index is 0.109. The molecule has 0 aromatic carbocycles. The van der Waals surface area contributed by atoms with Crippen molar-refractivity contribution in [1.29, 1.82) is 0 Å². The first kappa shape index (κ1) is 19.7. The van der Waals surface area contributed by atoms with Crippen LogP contribution < -0.4 is 5.32 Å². The first-order valence-corrected chi connectivity index (χ1v) is 11.4. The van der Waals surface area contributed by atoms with Crippen LogP contribution in [0, 0.1) is 11.8 Å². The second-order valence-electron chi connectivity index (χ2n) is 9.36. The van der Waals surface area contributed by atoms with E-state index in [2.05, 4.69) is 10.2 Å². The average molecular weight is 379 g/mol. The topological polar surface area (TPSA) is 50.8 Å². The SMILES string of the molecule is COCCCCCC(=O)NC[C@H]1[C@H]2CN(C3CCCCC3)C[C@]23CC[C@H]1O3. The molecule has 0 aromatic rings. The van der Waals surface area contributed by atoms with E-state index in [-0.39, 0.29) is 11.5 Å². The Balaban J connectivity index is 1.25. The smallest absolute Gasteiger partial charge is 0.220 e. The molecule has 2 bridgehead atoms. The van der Waals surface area contributed by atoms with Crippen molar-refractivity contribution >= 4 is 5.91 Å². The van der Waals surface area contributed by atoms with Crippen LogP contribution in [0.1, 0.15) is 70.6 Å². The summed E-state index contributed by atoms with van der Waals surface area (Å²) in [7, 11) is 1.73. The molecule has 27 heavy (non-hydrogen) atoms. The highest BCUT2D eigenvalue weighted by molar-refractivity contribution is 5.75. The quantitative estimate of drug-likeness (QED) is 0.626. The van der Waals surface area contributed by atoms with Crippen LogP contribution in [0.3, 0.4) is 0 Å². The van der Waals surface area contributed by atoms with Crippen LogP contribution in [0.25, 0.3) is 0 Å². The van der Waals surface area contributed by atoms with Crippen LogP contribution in [0.15, 0.2) is 0 Å². The van der Waals surface area contributed by atoms with Gasteiger partial charge < -0.3 is 14.8 Å². The highest BCUT2D eigenvalue weighted by Crippen LogP contribution is 2.55. The monoisotopic (exact) mass is 378 g/mol. The van der Waals surface area contributed by atoms with Crippen molar-refractivity contribution in [3.8, 4) is 0 Å². The summed E-state index contributed by atoms with van der Waals surface area (Å²) in [6.07, 6.45) is 13.5. The van der Waals surface area contributed by atoms with Crippen molar-refractivity contribution in [2.75, 3.05) is 33.4 Å². The van der Waals surface area contributed by atoms with Gasteiger partial charge in [-0.3, -0.25) is 9.69 Å². The van der Waals surface area contributed by atoms with E-state index < -0.39 is 0 Å². The lowest BCUT2D eigenvalue weighted by atomic mass is 9.73. The predicted octanol–water partition coefficient (Wildman–Crippen LogP) is 3.12. The van der Waals surface area contributed by atoms with Gasteiger partial charge >= 0.3 is 0 Å². The maximum Gasteiger partial charge on any atom is 0.220 e. The number of amides is 1. The van der Waals surface area contributed by atoms with E-state index >= 15 is 0 Å². The fourth-order valence-corrected chi connectivity index (χ4v) is 6.25. The molecule has 0 radical (unpaired) electrons. The molecule has 1 spiro atoms. The zero-order chi connectivity index (χ0) is 18.7. The van der Waals surface area contributed by atoms with Gasteiger partial charge in [0.25, 0.3) is 0 Å². The third kappa shape index (κ3) is 4.20. The summed E-state index contributed by atoms with van der Waals surface area (Å²) in [6.45, 7) is 3.94.